The lowest BCUT2D eigenvalue weighted by atomic mass is 10.0. The number of hydrogen-bond acceptors (Lipinski definition) is 4. The molecular weight excluding hydrogens is 362 g/mol. The molecule has 1 fully saturated rings. The fourth-order valence-corrected chi connectivity index (χ4v) is 4.18. The number of aromatic amines is 1. The minimum Gasteiger partial charge on any atom is -0.392 e. The van der Waals surface area contributed by atoms with Gasteiger partial charge in [0.1, 0.15) is 5.65 Å². The van der Waals surface area contributed by atoms with E-state index in [1.54, 1.807) is 0 Å². The number of likely N-dealkylation sites (tertiary alicyclic amines) is 1. The zero-order chi connectivity index (χ0) is 19.8. The van der Waals surface area contributed by atoms with Crippen LogP contribution >= 0.6 is 0 Å². The molecule has 1 aromatic carbocycles. The molecule has 6 nitrogen and oxygen atoms in total. The van der Waals surface area contributed by atoms with Gasteiger partial charge in [0.15, 0.2) is 0 Å². The van der Waals surface area contributed by atoms with Crippen LogP contribution in [0.3, 0.4) is 0 Å². The first-order valence-electron chi connectivity index (χ1n) is 10.1. The van der Waals surface area contributed by atoms with Crippen molar-refractivity contribution in [3.63, 3.8) is 0 Å². The number of hydrogen-bond donors (Lipinski definition) is 2. The van der Waals surface area contributed by atoms with Crippen LogP contribution in [0.5, 0.6) is 0 Å². The van der Waals surface area contributed by atoms with Crippen molar-refractivity contribution in [3.05, 3.63) is 60.7 Å². The van der Waals surface area contributed by atoms with Crippen molar-refractivity contribution in [1.82, 2.24) is 24.6 Å². The van der Waals surface area contributed by atoms with E-state index >= 15 is 0 Å². The number of benzene rings is 1. The Morgan fingerprint density at radius 1 is 1.10 bits per heavy atom. The molecule has 1 aliphatic heterocycles. The van der Waals surface area contributed by atoms with E-state index in [4.69, 9.17) is 0 Å². The largest absolute Gasteiger partial charge is 0.392 e. The summed E-state index contributed by atoms with van der Waals surface area (Å²) in [5.74, 6) is 0. The van der Waals surface area contributed by atoms with Gasteiger partial charge in [-0.05, 0) is 56.2 Å². The summed E-state index contributed by atoms with van der Waals surface area (Å²) in [4.78, 5) is 10.3. The Bertz CT molecular complexity index is 1140. The van der Waals surface area contributed by atoms with Gasteiger partial charge in [-0.15, -0.1) is 0 Å². The zero-order valence-electron chi connectivity index (χ0n) is 16.5. The van der Waals surface area contributed by atoms with E-state index in [1.165, 1.54) is 0 Å². The van der Waals surface area contributed by atoms with Gasteiger partial charge in [-0.2, -0.15) is 5.10 Å². The molecule has 4 heterocycles. The average molecular weight is 387 g/mol. The second-order valence-corrected chi connectivity index (χ2v) is 7.92. The Hall–Kier alpha value is -2.96. The first-order valence-corrected chi connectivity index (χ1v) is 10.1. The number of nitrogens with zero attached hydrogens (tertiary/aromatic N) is 4. The van der Waals surface area contributed by atoms with Gasteiger partial charge in [-0.3, -0.25) is 4.68 Å². The van der Waals surface area contributed by atoms with Crippen LogP contribution in [0.4, 0.5) is 0 Å². The van der Waals surface area contributed by atoms with Crippen molar-refractivity contribution >= 4 is 11.0 Å². The number of pyridine rings is 1. The summed E-state index contributed by atoms with van der Waals surface area (Å²) in [6.07, 6.45) is 10.3. The zero-order valence-corrected chi connectivity index (χ0v) is 16.5. The number of piperidine rings is 1. The molecule has 0 spiro atoms. The Morgan fingerprint density at radius 2 is 1.97 bits per heavy atom. The van der Waals surface area contributed by atoms with Crippen LogP contribution in [-0.2, 0) is 6.61 Å². The molecule has 5 rings (SSSR count). The number of H-pyrrole nitrogens is 1. The topological polar surface area (TPSA) is 70.0 Å². The van der Waals surface area contributed by atoms with Gasteiger partial charge in [0.05, 0.1) is 18.8 Å². The summed E-state index contributed by atoms with van der Waals surface area (Å²) >= 11 is 0. The minimum absolute atomic E-state index is 0.0375. The molecule has 2 N–H and O–H groups in total. The predicted molar refractivity (Wildman–Crippen MR) is 114 cm³/mol. The summed E-state index contributed by atoms with van der Waals surface area (Å²) in [5, 5.41) is 15.2. The smallest absolute Gasteiger partial charge is 0.137 e. The van der Waals surface area contributed by atoms with Crippen molar-refractivity contribution in [2.24, 2.45) is 0 Å². The second-order valence-electron chi connectivity index (χ2n) is 7.92. The lowest BCUT2D eigenvalue weighted by Crippen LogP contribution is -2.31. The van der Waals surface area contributed by atoms with E-state index in [0.717, 1.165) is 64.8 Å². The molecule has 0 amide bonds. The summed E-state index contributed by atoms with van der Waals surface area (Å²) in [5.41, 5.74) is 6.09. The highest BCUT2D eigenvalue weighted by Crippen LogP contribution is 2.32. The van der Waals surface area contributed by atoms with Crippen LogP contribution in [0.1, 0.15) is 24.4 Å². The van der Waals surface area contributed by atoms with E-state index in [1.807, 2.05) is 36.8 Å². The molecule has 4 aromatic rings. The highest BCUT2D eigenvalue weighted by Gasteiger charge is 2.19. The van der Waals surface area contributed by atoms with Gasteiger partial charge in [0.25, 0.3) is 0 Å². The maximum Gasteiger partial charge on any atom is 0.137 e. The van der Waals surface area contributed by atoms with Crippen LogP contribution in [0.25, 0.3) is 33.3 Å². The molecule has 0 bridgehead atoms. The fraction of sp³-hybridized carbons (Fsp3) is 0.304. The maximum atomic E-state index is 9.46. The fourth-order valence-electron chi connectivity index (χ4n) is 4.18. The first kappa shape index (κ1) is 18.1. The third-order valence-corrected chi connectivity index (χ3v) is 5.95. The minimum atomic E-state index is 0.0375. The first-order chi connectivity index (χ1) is 14.2. The third kappa shape index (κ3) is 3.45. The molecule has 0 radical (unpaired) electrons. The molecular formula is C23H25N5O. The van der Waals surface area contributed by atoms with Crippen LogP contribution in [0, 0.1) is 0 Å². The van der Waals surface area contributed by atoms with Gasteiger partial charge < -0.3 is 15.0 Å². The van der Waals surface area contributed by atoms with E-state index in [2.05, 4.69) is 50.0 Å². The molecule has 29 heavy (non-hydrogen) atoms. The molecule has 0 atom stereocenters. The number of aromatic nitrogens is 4. The predicted octanol–water partition coefficient (Wildman–Crippen LogP) is 3.85. The molecule has 0 aliphatic carbocycles. The monoisotopic (exact) mass is 387 g/mol. The standard InChI is InChI=1S/C23H25N5O/c1-27-7-5-20(6-8-27)28-14-19(12-26-28)18-10-21-22(13-25-23(21)24-11-18)17-4-2-3-16(9-17)15-29/h2-4,9-14,20,29H,5-8,15H2,1H3,(H,24,25). The van der Waals surface area contributed by atoms with E-state index < -0.39 is 0 Å². The molecule has 0 saturated carbocycles. The highest BCUT2D eigenvalue weighted by molar-refractivity contribution is 5.95. The lowest BCUT2D eigenvalue weighted by molar-refractivity contribution is 0.212. The van der Waals surface area contributed by atoms with Crippen LogP contribution in [0.15, 0.2) is 55.1 Å². The van der Waals surface area contributed by atoms with Gasteiger partial charge in [0.2, 0.25) is 0 Å². The second kappa shape index (κ2) is 7.46. The van der Waals surface area contributed by atoms with Crippen LogP contribution in [-0.4, -0.2) is 49.9 Å². The van der Waals surface area contributed by atoms with Crippen molar-refractivity contribution in [3.8, 4) is 22.3 Å². The molecule has 3 aromatic heterocycles. The highest BCUT2D eigenvalue weighted by atomic mass is 16.3. The Labute approximate surface area is 169 Å². The van der Waals surface area contributed by atoms with Crippen molar-refractivity contribution in [2.75, 3.05) is 20.1 Å². The number of rotatable bonds is 4. The summed E-state index contributed by atoms with van der Waals surface area (Å²) in [7, 11) is 2.18. The normalized spacial score (nSPS) is 15.9. The van der Waals surface area contributed by atoms with Crippen molar-refractivity contribution in [1.29, 1.82) is 0 Å². The third-order valence-electron chi connectivity index (χ3n) is 5.95. The molecule has 6 heteroatoms. The van der Waals surface area contributed by atoms with Gasteiger partial charge in [0, 0.05) is 40.7 Å². The number of nitrogens with one attached hydrogen (secondary N) is 1. The van der Waals surface area contributed by atoms with Crippen LogP contribution in [0.2, 0.25) is 0 Å². The van der Waals surface area contributed by atoms with E-state index in [-0.39, 0.29) is 6.61 Å². The Balaban J connectivity index is 1.49. The quantitative estimate of drug-likeness (QED) is 0.558. The number of aliphatic hydroxyl groups excluding tert-OH is 1. The van der Waals surface area contributed by atoms with Gasteiger partial charge in [-0.25, -0.2) is 4.98 Å². The van der Waals surface area contributed by atoms with Crippen molar-refractivity contribution in [2.45, 2.75) is 25.5 Å². The molecule has 0 unspecified atom stereocenters. The van der Waals surface area contributed by atoms with Crippen molar-refractivity contribution < 1.29 is 5.11 Å². The Morgan fingerprint density at radius 3 is 2.79 bits per heavy atom. The summed E-state index contributed by atoms with van der Waals surface area (Å²) < 4.78 is 2.12. The number of fused-ring (bicyclic) bond motifs is 1. The number of aliphatic hydroxyl groups is 1. The lowest BCUT2D eigenvalue weighted by Gasteiger charge is -2.28. The van der Waals surface area contributed by atoms with E-state index in [0.29, 0.717) is 6.04 Å². The van der Waals surface area contributed by atoms with Crippen LogP contribution < -0.4 is 0 Å². The molecule has 1 saturated heterocycles. The summed E-state index contributed by atoms with van der Waals surface area (Å²) in [6, 6.07) is 10.6. The Kier molecular flexibility index (Phi) is 4.66. The maximum absolute atomic E-state index is 9.46. The molecule has 148 valence electrons. The average Bonchev–Trinajstić information content (AvgIpc) is 3.41. The summed E-state index contributed by atoms with van der Waals surface area (Å²) in [6.45, 7) is 2.27. The van der Waals surface area contributed by atoms with Gasteiger partial charge >= 0.3 is 0 Å². The van der Waals surface area contributed by atoms with E-state index in [9.17, 15) is 5.11 Å². The SMILES string of the molecule is CN1CCC(n2cc(-c3cnc4[nH]cc(-c5cccc(CO)c5)c4c3)cn2)CC1. The van der Waals surface area contributed by atoms with Gasteiger partial charge in [-0.1, -0.05) is 18.2 Å². The molecule has 1 aliphatic rings.